The molecule has 0 aliphatic carbocycles. The third kappa shape index (κ3) is 2.12. The minimum atomic E-state index is 0.842. The van der Waals surface area contributed by atoms with Gasteiger partial charge in [0, 0.05) is 0 Å². The molecule has 1 aliphatic heterocycles. The summed E-state index contributed by atoms with van der Waals surface area (Å²) in [5, 5.41) is 4.51. The molecule has 1 aromatic heterocycles. The first-order valence-electron chi connectivity index (χ1n) is 5.14. The van der Waals surface area contributed by atoms with E-state index in [2.05, 4.69) is 28.7 Å². The molecule has 0 spiro atoms. The molecule has 0 saturated carbocycles. The molecule has 72 valence electrons. The van der Waals surface area contributed by atoms with Crippen LogP contribution in [0, 0.1) is 0 Å². The molecule has 0 N–H and O–H groups in total. The van der Waals surface area contributed by atoms with Crippen LogP contribution in [0.5, 0.6) is 0 Å². The fourth-order valence-electron chi connectivity index (χ4n) is 2.09. The van der Waals surface area contributed by atoms with E-state index < -0.39 is 0 Å². The zero-order chi connectivity index (χ0) is 9.10. The smallest absolute Gasteiger partial charge is 0.00130 e. The van der Waals surface area contributed by atoms with Crippen LogP contribution in [0.3, 0.4) is 0 Å². The fourth-order valence-corrected chi connectivity index (χ4v) is 2.83. The SMILES string of the molecule is CCN1CCC(c2ccsc2)CC1. The lowest BCUT2D eigenvalue weighted by atomic mass is 9.91. The van der Waals surface area contributed by atoms with E-state index in [0.717, 1.165) is 5.92 Å². The van der Waals surface area contributed by atoms with Crippen LogP contribution in [0.1, 0.15) is 31.2 Å². The normalized spacial score (nSPS) is 20.7. The van der Waals surface area contributed by atoms with Crippen LogP contribution in [-0.4, -0.2) is 24.5 Å². The quantitative estimate of drug-likeness (QED) is 0.701. The molecule has 13 heavy (non-hydrogen) atoms. The average Bonchev–Trinajstić information content (AvgIpc) is 2.71. The summed E-state index contributed by atoms with van der Waals surface area (Å²) < 4.78 is 0. The van der Waals surface area contributed by atoms with Gasteiger partial charge in [0.15, 0.2) is 0 Å². The van der Waals surface area contributed by atoms with E-state index in [1.807, 2.05) is 11.3 Å². The summed E-state index contributed by atoms with van der Waals surface area (Å²) in [4.78, 5) is 2.54. The van der Waals surface area contributed by atoms with E-state index in [4.69, 9.17) is 0 Å². The van der Waals surface area contributed by atoms with E-state index in [9.17, 15) is 0 Å². The Labute approximate surface area is 84.4 Å². The van der Waals surface area contributed by atoms with Crippen LogP contribution in [-0.2, 0) is 0 Å². The summed E-state index contributed by atoms with van der Waals surface area (Å²) in [7, 11) is 0. The molecule has 1 aliphatic rings. The van der Waals surface area contributed by atoms with E-state index in [1.165, 1.54) is 32.5 Å². The number of nitrogens with zero attached hydrogens (tertiary/aromatic N) is 1. The van der Waals surface area contributed by atoms with Gasteiger partial charge < -0.3 is 4.90 Å². The van der Waals surface area contributed by atoms with Gasteiger partial charge in [-0.1, -0.05) is 6.92 Å². The van der Waals surface area contributed by atoms with Crippen LogP contribution in [0.25, 0.3) is 0 Å². The van der Waals surface area contributed by atoms with Crippen LogP contribution in [0.2, 0.25) is 0 Å². The Morgan fingerprint density at radius 1 is 1.46 bits per heavy atom. The third-order valence-electron chi connectivity index (χ3n) is 3.05. The zero-order valence-electron chi connectivity index (χ0n) is 8.20. The molecular weight excluding hydrogens is 178 g/mol. The van der Waals surface area contributed by atoms with Gasteiger partial charge in [0.2, 0.25) is 0 Å². The first kappa shape index (κ1) is 9.22. The highest BCUT2D eigenvalue weighted by Gasteiger charge is 2.19. The topological polar surface area (TPSA) is 3.24 Å². The second-order valence-electron chi connectivity index (χ2n) is 3.77. The van der Waals surface area contributed by atoms with Crippen molar-refractivity contribution in [2.24, 2.45) is 0 Å². The largest absolute Gasteiger partial charge is 0.304 e. The molecule has 1 aromatic rings. The summed E-state index contributed by atoms with van der Waals surface area (Å²) >= 11 is 1.83. The van der Waals surface area contributed by atoms with Crippen LogP contribution < -0.4 is 0 Å². The molecule has 1 saturated heterocycles. The van der Waals surface area contributed by atoms with Crippen LogP contribution in [0.4, 0.5) is 0 Å². The van der Waals surface area contributed by atoms with Crippen molar-refractivity contribution >= 4 is 11.3 Å². The van der Waals surface area contributed by atoms with Gasteiger partial charge in [0.25, 0.3) is 0 Å². The van der Waals surface area contributed by atoms with Crippen LogP contribution in [0.15, 0.2) is 16.8 Å². The van der Waals surface area contributed by atoms with Crippen molar-refractivity contribution in [3.05, 3.63) is 22.4 Å². The number of likely N-dealkylation sites (tertiary alicyclic amines) is 1. The third-order valence-corrected chi connectivity index (χ3v) is 3.75. The lowest BCUT2D eigenvalue weighted by Crippen LogP contribution is -2.32. The van der Waals surface area contributed by atoms with Crippen LogP contribution >= 0.6 is 11.3 Å². The van der Waals surface area contributed by atoms with Crippen molar-refractivity contribution in [1.82, 2.24) is 4.90 Å². The molecule has 1 fully saturated rings. The number of piperidine rings is 1. The molecule has 2 heterocycles. The highest BCUT2D eigenvalue weighted by Crippen LogP contribution is 2.28. The summed E-state index contributed by atoms with van der Waals surface area (Å²) in [6.45, 7) is 6.05. The number of hydrogen-bond acceptors (Lipinski definition) is 2. The van der Waals surface area contributed by atoms with Gasteiger partial charge in [0.1, 0.15) is 0 Å². The van der Waals surface area contributed by atoms with Crippen molar-refractivity contribution in [3.8, 4) is 0 Å². The summed E-state index contributed by atoms with van der Waals surface area (Å²) in [6.07, 6.45) is 2.70. The van der Waals surface area contributed by atoms with Crippen molar-refractivity contribution in [2.75, 3.05) is 19.6 Å². The number of thiophene rings is 1. The first-order valence-corrected chi connectivity index (χ1v) is 6.09. The molecule has 0 radical (unpaired) electrons. The number of rotatable bonds is 2. The van der Waals surface area contributed by atoms with Gasteiger partial charge in [-0.05, 0) is 60.8 Å². The molecule has 0 aromatic carbocycles. The Morgan fingerprint density at radius 3 is 2.77 bits per heavy atom. The maximum Gasteiger partial charge on any atom is -0.00130 e. The molecule has 1 nitrogen and oxygen atoms in total. The summed E-state index contributed by atoms with van der Waals surface area (Å²) in [6, 6.07) is 2.29. The van der Waals surface area contributed by atoms with Crippen molar-refractivity contribution in [3.63, 3.8) is 0 Å². The molecule has 2 rings (SSSR count). The highest BCUT2D eigenvalue weighted by atomic mass is 32.1. The minimum absolute atomic E-state index is 0.842. The Bertz CT molecular complexity index is 235. The Morgan fingerprint density at radius 2 is 2.23 bits per heavy atom. The minimum Gasteiger partial charge on any atom is -0.304 e. The van der Waals surface area contributed by atoms with Crippen molar-refractivity contribution in [2.45, 2.75) is 25.7 Å². The molecule has 0 unspecified atom stereocenters. The molecule has 0 atom stereocenters. The summed E-state index contributed by atoms with van der Waals surface area (Å²) in [5.74, 6) is 0.842. The Hall–Kier alpha value is -0.340. The number of hydrogen-bond donors (Lipinski definition) is 0. The molecule has 0 amide bonds. The van der Waals surface area contributed by atoms with Gasteiger partial charge in [0.05, 0.1) is 0 Å². The zero-order valence-corrected chi connectivity index (χ0v) is 9.02. The standard InChI is InChI=1S/C11H17NS/c1-2-12-6-3-10(4-7-12)11-5-8-13-9-11/h5,8-10H,2-4,6-7H2,1H3. The van der Waals surface area contributed by atoms with Gasteiger partial charge in [-0.15, -0.1) is 0 Å². The van der Waals surface area contributed by atoms with E-state index in [-0.39, 0.29) is 0 Å². The molecule has 0 bridgehead atoms. The van der Waals surface area contributed by atoms with Gasteiger partial charge in [-0.25, -0.2) is 0 Å². The van der Waals surface area contributed by atoms with Gasteiger partial charge in [-0.2, -0.15) is 11.3 Å². The Kier molecular flexibility index (Phi) is 3.01. The lowest BCUT2D eigenvalue weighted by Gasteiger charge is -2.30. The predicted octanol–water partition coefficient (Wildman–Crippen LogP) is 2.95. The molecule has 2 heteroatoms. The van der Waals surface area contributed by atoms with Crippen molar-refractivity contribution in [1.29, 1.82) is 0 Å². The van der Waals surface area contributed by atoms with Gasteiger partial charge >= 0.3 is 0 Å². The van der Waals surface area contributed by atoms with Crippen molar-refractivity contribution < 1.29 is 0 Å². The first-order chi connectivity index (χ1) is 6.40. The second kappa shape index (κ2) is 4.25. The van der Waals surface area contributed by atoms with E-state index in [0.29, 0.717) is 0 Å². The highest BCUT2D eigenvalue weighted by molar-refractivity contribution is 7.07. The Balaban J connectivity index is 1.92. The lowest BCUT2D eigenvalue weighted by molar-refractivity contribution is 0.222. The second-order valence-corrected chi connectivity index (χ2v) is 4.55. The van der Waals surface area contributed by atoms with Gasteiger partial charge in [-0.3, -0.25) is 0 Å². The maximum atomic E-state index is 2.54. The van der Waals surface area contributed by atoms with E-state index >= 15 is 0 Å². The predicted molar refractivity (Wildman–Crippen MR) is 58.4 cm³/mol. The van der Waals surface area contributed by atoms with E-state index in [1.54, 1.807) is 5.56 Å². The monoisotopic (exact) mass is 195 g/mol. The fraction of sp³-hybridized carbons (Fsp3) is 0.636. The molecular formula is C11H17NS. The summed E-state index contributed by atoms with van der Waals surface area (Å²) in [5.41, 5.74) is 1.57. The maximum absolute atomic E-state index is 2.54. The average molecular weight is 195 g/mol.